The molecule has 3 aromatic rings. The van der Waals surface area contributed by atoms with Gasteiger partial charge in [-0.25, -0.2) is 4.98 Å². The molecule has 0 aliphatic rings. The third kappa shape index (κ3) is 5.64. The van der Waals surface area contributed by atoms with Crippen molar-refractivity contribution in [2.75, 3.05) is 26.6 Å². The van der Waals surface area contributed by atoms with Gasteiger partial charge in [0.1, 0.15) is 6.61 Å². The van der Waals surface area contributed by atoms with Crippen molar-refractivity contribution in [1.29, 1.82) is 0 Å². The molecule has 1 heterocycles. The number of benzene rings is 2. The minimum Gasteiger partial charge on any atom is -0.493 e. The first-order valence-corrected chi connectivity index (χ1v) is 9.53. The van der Waals surface area contributed by atoms with E-state index in [2.05, 4.69) is 20.6 Å². The van der Waals surface area contributed by atoms with Crippen molar-refractivity contribution in [2.24, 2.45) is 4.99 Å². The fraction of sp³-hybridized carbons (Fsp3) is 0.217. The van der Waals surface area contributed by atoms with Gasteiger partial charge >= 0.3 is 0 Å². The smallest absolute Gasteiger partial charge is 0.218 e. The molecular formula is C23H26N4O3. The Balaban J connectivity index is 1.63. The SMILES string of the molecule is CN=C(NCc1cccnc1OCc1ccccc1)Nc1ccc(OC)c(OC)c1. The van der Waals surface area contributed by atoms with Crippen LogP contribution in [0.3, 0.4) is 0 Å². The Hall–Kier alpha value is -3.74. The Kier molecular flexibility index (Phi) is 7.49. The molecule has 7 nitrogen and oxygen atoms in total. The average molecular weight is 406 g/mol. The second-order valence-electron chi connectivity index (χ2n) is 6.36. The molecule has 0 aliphatic carbocycles. The number of methoxy groups -OCH3 is 2. The predicted octanol–water partition coefficient (Wildman–Crippen LogP) is 3.87. The Bertz CT molecular complexity index is 977. The molecule has 0 bridgehead atoms. The van der Waals surface area contributed by atoms with Crippen molar-refractivity contribution in [1.82, 2.24) is 10.3 Å². The Morgan fingerprint density at radius 2 is 1.77 bits per heavy atom. The van der Waals surface area contributed by atoms with E-state index >= 15 is 0 Å². The average Bonchev–Trinajstić information content (AvgIpc) is 2.81. The summed E-state index contributed by atoms with van der Waals surface area (Å²) < 4.78 is 16.5. The van der Waals surface area contributed by atoms with E-state index in [1.54, 1.807) is 27.5 Å². The molecule has 0 fully saturated rings. The summed E-state index contributed by atoms with van der Waals surface area (Å²) >= 11 is 0. The number of nitrogens with zero attached hydrogens (tertiary/aromatic N) is 2. The fourth-order valence-electron chi connectivity index (χ4n) is 2.82. The summed E-state index contributed by atoms with van der Waals surface area (Å²) in [5.41, 5.74) is 2.85. The second kappa shape index (κ2) is 10.7. The summed E-state index contributed by atoms with van der Waals surface area (Å²) in [4.78, 5) is 8.65. The van der Waals surface area contributed by atoms with Crippen molar-refractivity contribution in [3.8, 4) is 17.4 Å². The summed E-state index contributed by atoms with van der Waals surface area (Å²) in [5.74, 6) is 2.51. The molecule has 0 unspecified atom stereocenters. The van der Waals surface area contributed by atoms with Crippen LogP contribution in [0.1, 0.15) is 11.1 Å². The predicted molar refractivity (Wildman–Crippen MR) is 118 cm³/mol. The number of pyridine rings is 1. The highest BCUT2D eigenvalue weighted by Crippen LogP contribution is 2.29. The lowest BCUT2D eigenvalue weighted by Crippen LogP contribution is -2.30. The van der Waals surface area contributed by atoms with Crippen LogP contribution in [0.2, 0.25) is 0 Å². The molecule has 0 amide bonds. The molecule has 0 saturated carbocycles. The first-order chi connectivity index (χ1) is 14.7. The number of guanidine groups is 1. The van der Waals surface area contributed by atoms with Crippen LogP contribution in [0.4, 0.5) is 5.69 Å². The van der Waals surface area contributed by atoms with Crippen molar-refractivity contribution < 1.29 is 14.2 Å². The van der Waals surface area contributed by atoms with Gasteiger partial charge in [0.15, 0.2) is 17.5 Å². The number of anilines is 1. The highest BCUT2D eigenvalue weighted by atomic mass is 16.5. The zero-order chi connectivity index (χ0) is 21.2. The molecule has 7 heteroatoms. The molecule has 0 saturated heterocycles. The molecule has 0 spiro atoms. The normalized spacial score (nSPS) is 11.0. The number of ether oxygens (including phenoxy) is 3. The van der Waals surface area contributed by atoms with Gasteiger partial charge in [-0.05, 0) is 23.8 Å². The van der Waals surface area contributed by atoms with Crippen LogP contribution >= 0.6 is 0 Å². The number of hydrogen-bond donors (Lipinski definition) is 2. The van der Waals surface area contributed by atoms with Crippen LogP contribution in [0.5, 0.6) is 17.4 Å². The quantitative estimate of drug-likeness (QED) is 0.437. The van der Waals surface area contributed by atoms with Crippen LogP contribution in [-0.4, -0.2) is 32.2 Å². The van der Waals surface area contributed by atoms with E-state index in [-0.39, 0.29) is 0 Å². The van der Waals surface area contributed by atoms with E-state index in [4.69, 9.17) is 14.2 Å². The van der Waals surface area contributed by atoms with Gasteiger partial charge in [0.25, 0.3) is 0 Å². The van der Waals surface area contributed by atoms with E-state index in [0.717, 1.165) is 16.8 Å². The van der Waals surface area contributed by atoms with Crippen molar-refractivity contribution in [2.45, 2.75) is 13.2 Å². The maximum Gasteiger partial charge on any atom is 0.218 e. The zero-order valence-corrected chi connectivity index (χ0v) is 17.4. The Labute approximate surface area is 176 Å². The fourth-order valence-corrected chi connectivity index (χ4v) is 2.82. The number of hydrogen-bond acceptors (Lipinski definition) is 5. The molecule has 3 rings (SSSR count). The standard InChI is InChI=1S/C23H26N4O3/c1-24-23(27-19-11-12-20(28-2)21(14-19)29-3)26-15-18-10-7-13-25-22(18)30-16-17-8-5-4-6-9-17/h4-14H,15-16H2,1-3H3,(H2,24,26,27). The number of nitrogens with one attached hydrogen (secondary N) is 2. The van der Waals surface area contributed by atoms with E-state index in [9.17, 15) is 0 Å². The van der Waals surface area contributed by atoms with Crippen molar-refractivity contribution >= 4 is 11.6 Å². The van der Waals surface area contributed by atoms with Gasteiger partial charge in [0.05, 0.1) is 14.2 Å². The van der Waals surface area contributed by atoms with Gasteiger partial charge in [0, 0.05) is 37.1 Å². The Morgan fingerprint density at radius 3 is 2.50 bits per heavy atom. The lowest BCUT2D eigenvalue weighted by molar-refractivity contribution is 0.290. The van der Waals surface area contributed by atoms with E-state index in [1.165, 1.54) is 0 Å². The first-order valence-electron chi connectivity index (χ1n) is 9.53. The second-order valence-corrected chi connectivity index (χ2v) is 6.36. The highest BCUT2D eigenvalue weighted by Gasteiger charge is 2.09. The van der Waals surface area contributed by atoms with Crippen LogP contribution in [0.25, 0.3) is 0 Å². The van der Waals surface area contributed by atoms with Crippen LogP contribution in [0.15, 0.2) is 71.9 Å². The number of aliphatic imine (C=N–C) groups is 1. The molecule has 2 aromatic carbocycles. The summed E-state index contributed by atoms with van der Waals surface area (Å²) in [6.07, 6.45) is 1.72. The largest absolute Gasteiger partial charge is 0.493 e. The molecule has 156 valence electrons. The van der Waals surface area contributed by atoms with Crippen molar-refractivity contribution in [3.63, 3.8) is 0 Å². The molecule has 0 atom stereocenters. The van der Waals surface area contributed by atoms with Gasteiger partial charge < -0.3 is 24.8 Å². The van der Waals surface area contributed by atoms with Crippen molar-refractivity contribution in [3.05, 3.63) is 78.0 Å². The van der Waals surface area contributed by atoms with Crippen LogP contribution in [-0.2, 0) is 13.2 Å². The molecule has 0 radical (unpaired) electrons. The van der Waals surface area contributed by atoms with Crippen LogP contribution < -0.4 is 24.8 Å². The van der Waals surface area contributed by atoms with Gasteiger partial charge in [-0.15, -0.1) is 0 Å². The lowest BCUT2D eigenvalue weighted by atomic mass is 10.2. The van der Waals surface area contributed by atoms with E-state index in [1.807, 2.05) is 60.7 Å². The number of aromatic nitrogens is 1. The van der Waals surface area contributed by atoms with Crippen LogP contribution in [0, 0.1) is 0 Å². The summed E-state index contributed by atoms with van der Waals surface area (Å²) in [7, 11) is 4.93. The van der Waals surface area contributed by atoms with Gasteiger partial charge in [0.2, 0.25) is 5.88 Å². The molecule has 1 aromatic heterocycles. The minimum absolute atomic E-state index is 0.462. The van der Waals surface area contributed by atoms with Gasteiger partial charge in [-0.1, -0.05) is 36.4 Å². The van der Waals surface area contributed by atoms with E-state index in [0.29, 0.717) is 36.5 Å². The topological polar surface area (TPSA) is 77.0 Å². The number of rotatable bonds is 8. The highest BCUT2D eigenvalue weighted by molar-refractivity contribution is 5.93. The molecule has 30 heavy (non-hydrogen) atoms. The third-order valence-corrected chi connectivity index (χ3v) is 4.38. The van der Waals surface area contributed by atoms with Gasteiger partial charge in [-0.2, -0.15) is 0 Å². The summed E-state index contributed by atoms with van der Waals surface area (Å²) in [5, 5.41) is 6.53. The molecular weight excluding hydrogens is 380 g/mol. The van der Waals surface area contributed by atoms with E-state index < -0.39 is 0 Å². The first kappa shape index (κ1) is 21.0. The summed E-state index contributed by atoms with van der Waals surface area (Å²) in [6.45, 7) is 0.967. The molecule has 2 N–H and O–H groups in total. The monoisotopic (exact) mass is 406 g/mol. The molecule has 0 aliphatic heterocycles. The lowest BCUT2D eigenvalue weighted by Gasteiger charge is -2.15. The maximum absolute atomic E-state index is 5.92. The van der Waals surface area contributed by atoms with Gasteiger partial charge in [-0.3, -0.25) is 4.99 Å². The Morgan fingerprint density at radius 1 is 0.967 bits per heavy atom. The zero-order valence-electron chi connectivity index (χ0n) is 17.4. The third-order valence-electron chi connectivity index (χ3n) is 4.38. The minimum atomic E-state index is 0.462. The summed E-state index contributed by atoms with van der Waals surface area (Å²) in [6, 6.07) is 19.5. The maximum atomic E-state index is 5.92.